The lowest BCUT2D eigenvalue weighted by Crippen LogP contribution is -2.35. The second-order valence-corrected chi connectivity index (χ2v) is 5.06. The van der Waals surface area contributed by atoms with Crippen molar-refractivity contribution < 1.29 is 9.53 Å². The van der Waals surface area contributed by atoms with Crippen LogP contribution in [0.3, 0.4) is 0 Å². The first kappa shape index (κ1) is 14.8. The molecule has 1 aromatic rings. The molecule has 2 N–H and O–H groups in total. The van der Waals surface area contributed by atoms with E-state index < -0.39 is 0 Å². The van der Waals surface area contributed by atoms with Gasteiger partial charge in [-0.2, -0.15) is 0 Å². The van der Waals surface area contributed by atoms with E-state index in [0.717, 1.165) is 38.2 Å². The van der Waals surface area contributed by atoms with Crippen molar-refractivity contribution in [2.75, 3.05) is 25.0 Å². The van der Waals surface area contributed by atoms with E-state index in [1.54, 1.807) is 12.3 Å². The maximum absolute atomic E-state index is 12.0. The van der Waals surface area contributed by atoms with Gasteiger partial charge in [0.1, 0.15) is 5.82 Å². The number of nitrogens with zero attached hydrogens (tertiary/aromatic N) is 1. The normalized spacial score (nSPS) is 18.6. The average Bonchev–Trinajstić information content (AvgIpc) is 2.52. The topological polar surface area (TPSA) is 63.2 Å². The third-order valence-corrected chi connectivity index (χ3v) is 3.35. The number of carbonyl (C=O) groups excluding carboxylic acids is 1. The molecule has 5 nitrogen and oxygen atoms in total. The third-order valence-electron chi connectivity index (χ3n) is 3.35. The van der Waals surface area contributed by atoms with Crippen molar-refractivity contribution in [2.24, 2.45) is 0 Å². The molecule has 1 aliphatic heterocycles. The molecule has 1 unspecified atom stereocenters. The van der Waals surface area contributed by atoms with Gasteiger partial charge in [0.2, 0.25) is 0 Å². The Balaban J connectivity index is 1.79. The van der Waals surface area contributed by atoms with Crippen LogP contribution in [-0.4, -0.2) is 36.7 Å². The number of rotatable bonds is 6. The molecule has 2 heterocycles. The van der Waals surface area contributed by atoms with Crippen molar-refractivity contribution in [3.63, 3.8) is 0 Å². The van der Waals surface area contributed by atoms with Crippen molar-refractivity contribution >= 4 is 11.7 Å². The van der Waals surface area contributed by atoms with E-state index in [1.807, 2.05) is 6.07 Å². The number of anilines is 1. The largest absolute Gasteiger partial charge is 0.376 e. The second-order valence-electron chi connectivity index (χ2n) is 5.06. The van der Waals surface area contributed by atoms with Gasteiger partial charge in [-0.1, -0.05) is 6.92 Å². The highest BCUT2D eigenvalue weighted by Gasteiger charge is 2.15. The number of pyridine rings is 1. The van der Waals surface area contributed by atoms with Gasteiger partial charge in [0.25, 0.3) is 5.91 Å². The standard InChI is InChI=1S/C15H23N3O2/c1-2-8-16-14-7-6-12(10-17-14)15(19)18-11-13-5-3-4-9-20-13/h6-7,10,13H,2-5,8-9,11H2,1H3,(H,16,17)(H,18,19). The zero-order valence-corrected chi connectivity index (χ0v) is 12.0. The van der Waals surface area contributed by atoms with Crippen LogP contribution in [0.4, 0.5) is 5.82 Å². The quantitative estimate of drug-likeness (QED) is 0.836. The lowest BCUT2D eigenvalue weighted by Gasteiger charge is -2.22. The summed E-state index contributed by atoms with van der Waals surface area (Å²) in [5.41, 5.74) is 0.586. The van der Waals surface area contributed by atoms with Crippen molar-refractivity contribution in [1.29, 1.82) is 0 Å². The molecule has 2 rings (SSSR count). The fourth-order valence-corrected chi connectivity index (χ4v) is 2.16. The molecule has 0 aromatic carbocycles. The van der Waals surface area contributed by atoms with Gasteiger partial charge >= 0.3 is 0 Å². The molecule has 1 atom stereocenters. The van der Waals surface area contributed by atoms with Crippen LogP contribution in [-0.2, 0) is 4.74 Å². The van der Waals surface area contributed by atoms with E-state index in [1.165, 1.54) is 6.42 Å². The number of carbonyl (C=O) groups is 1. The number of amides is 1. The molecule has 1 saturated heterocycles. The summed E-state index contributed by atoms with van der Waals surface area (Å²) in [6.07, 6.45) is 6.14. The molecule has 110 valence electrons. The van der Waals surface area contributed by atoms with Crippen molar-refractivity contribution in [3.8, 4) is 0 Å². The Morgan fingerprint density at radius 1 is 1.45 bits per heavy atom. The van der Waals surface area contributed by atoms with Crippen LogP contribution >= 0.6 is 0 Å². The van der Waals surface area contributed by atoms with E-state index in [2.05, 4.69) is 22.5 Å². The lowest BCUT2D eigenvalue weighted by molar-refractivity contribution is 0.0169. The molecule has 5 heteroatoms. The highest BCUT2D eigenvalue weighted by atomic mass is 16.5. The van der Waals surface area contributed by atoms with Gasteiger partial charge in [0, 0.05) is 25.9 Å². The number of ether oxygens (including phenoxy) is 1. The van der Waals surface area contributed by atoms with Crippen LogP contribution in [0.15, 0.2) is 18.3 Å². The molecule has 1 aromatic heterocycles. The predicted molar refractivity (Wildman–Crippen MR) is 78.9 cm³/mol. The second kappa shape index (κ2) is 7.85. The first-order valence-electron chi connectivity index (χ1n) is 7.39. The van der Waals surface area contributed by atoms with Gasteiger partial charge in [0.05, 0.1) is 11.7 Å². The summed E-state index contributed by atoms with van der Waals surface area (Å²) in [7, 11) is 0. The fourth-order valence-electron chi connectivity index (χ4n) is 2.16. The van der Waals surface area contributed by atoms with E-state index in [0.29, 0.717) is 12.1 Å². The molecule has 0 spiro atoms. The van der Waals surface area contributed by atoms with Crippen molar-refractivity contribution in [1.82, 2.24) is 10.3 Å². The van der Waals surface area contributed by atoms with Crippen molar-refractivity contribution in [3.05, 3.63) is 23.9 Å². The molecule has 1 aliphatic rings. The van der Waals surface area contributed by atoms with Crippen LogP contribution in [0, 0.1) is 0 Å². The van der Waals surface area contributed by atoms with Crippen molar-refractivity contribution in [2.45, 2.75) is 38.7 Å². The molecular weight excluding hydrogens is 254 g/mol. The Morgan fingerprint density at radius 3 is 3.00 bits per heavy atom. The van der Waals surface area contributed by atoms with E-state index in [4.69, 9.17) is 4.74 Å². The Labute approximate surface area is 120 Å². The Kier molecular flexibility index (Phi) is 5.80. The minimum atomic E-state index is -0.0892. The summed E-state index contributed by atoms with van der Waals surface area (Å²) in [5, 5.41) is 6.09. The summed E-state index contributed by atoms with van der Waals surface area (Å²) < 4.78 is 5.59. The molecule has 1 fully saturated rings. The zero-order chi connectivity index (χ0) is 14.2. The number of hydrogen-bond acceptors (Lipinski definition) is 4. The zero-order valence-electron chi connectivity index (χ0n) is 12.0. The number of aromatic nitrogens is 1. The van der Waals surface area contributed by atoms with E-state index >= 15 is 0 Å². The summed E-state index contributed by atoms with van der Waals surface area (Å²) in [6.45, 7) is 4.37. The van der Waals surface area contributed by atoms with E-state index in [9.17, 15) is 4.79 Å². The first-order chi connectivity index (χ1) is 9.79. The van der Waals surface area contributed by atoms with Crippen LogP contribution in [0.25, 0.3) is 0 Å². The van der Waals surface area contributed by atoms with Gasteiger partial charge < -0.3 is 15.4 Å². The maximum Gasteiger partial charge on any atom is 0.252 e. The lowest BCUT2D eigenvalue weighted by atomic mass is 10.1. The highest BCUT2D eigenvalue weighted by molar-refractivity contribution is 5.94. The van der Waals surface area contributed by atoms with Gasteiger partial charge in [-0.05, 0) is 37.8 Å². The van der Waals surface area contributed by atoms with Gasteiger partial charge in [-0.3, -0.25) is 4.79 Å². The smallest absolute Gasteiger partial charge is 0.252 e. The minimum absolute atomic E-state index is 0.0892. The summed E-state index contributed by atoms with van der Waals surface area (Å²) in [4.78, 5) is 16.2. The number of hydrogen-bond donors (Lipinski definition) is 2. The molecule has 0 saturated carbocycles. The van der Waals surface area contributed by atoms with Gasteiger partial charge in [-0.25, -0.2) is 4.98 Å². The molecular formula is C15H23N3O2. The number of nitrogens with one attached hydrogen (secondary N) is 2. The van der Waals surface area contributed by atoms with Crippen LogP contribution in [0.2, 0.25) is 0 Å². The van der Waals surface area contributed by atoms with Crippen LogP contribution in [0.1, 0.15) is 43.0 Å². The van der Waals surface area contributed by atoms with Gasteiger partial charge in [0.15, 0.2) is 0 Å². The first-order valence-corrected chi connectivity index (χ1v) is 7.39. The molecule has 20 heavy (non-hydrogen) atoms. The maximum atomic E-state index is 12.0. The molecule has 0 bridgehead atoms. The SMILES string of the molecule is CCCNc1ccc(C(=O)NCC2CCCCO2)cn1. The third kappa shape index (κ3) is 4.49. The summed E-state index contributed by atoms with van der Waals surface area (Å²) >= 11 is 0. The monoisotopic (exact) mass is 277 g/mol. The Hall–Kier alpha value is -1.62. The van der Waals surface area contributed by atoms with Gasteiger partial charge in [-0.15, -0.1) is 0 Å². The molecule has 1 amide bonds. The fraction of sp³-hybridized carbons (Fsp3) is 0.600. The van der Waals surface area contributed by atoms with E-state index in [-0.39, 0.29) is 12.0 Å². The molecule has 0 aliphatic carbocycles. The van der Waals surface area contributed by atoms with Crippen LogP contribution < -0.4 is 10.6 Å². The van der Waals surface area contributed by atoms with Crippen LogP contribution in [0.5, 0.6) is 0 Å². The summed E-state index contributed by atoms with van der Waals surface area (Å²) in [5.74, 6) is 0.715. The minimum Gasteiger partial charge on any atom is -0.376 e. The summed E-state index contributed by atoms with van der Waals surface area (Å²) in [6, 6.07) is 3.63. The molecule has 0 radical (unpaired) electrons. The Bertz CT molecular complexity index is 414. The highest BCUT2D eigenvalue weighted by Crippen LogP contribution is 2.12. The Morgan fingerprint density at radius 2 is 2.35 bits per heavy atom. The predicted octanol–water partition coefficient (Wildman–Crippen LogP) is 2.20. The average molecular weight is 277 g/mol.